The lowest BCUT2D eigenvalue weighted by Crippen LogP contribution is -2.26. The summed E-state index contributed by atoms with van der Waals surface area (Å²) in [4.78, 5) is 24.1. The lowest BCUT2D eigenvalue weighted by atomic mass is 9.98. The molecule has 2 N–H and O–H groups in total. The molecule has 0 radical (unpaired) electrons. The molecule has 0 spiro atoms. The van der Waals surface area contributed by atoms with Crippen LogP contribution in [0.5, 0.6) is 0 Å². The Hall–Kier alpha value is -3.76. The van der Waals surface area contributed by atoms with Gasteiger partial charge in [-0.25, -0.2) is 9.59 Å². The number of thiophene rings is 1. The highest BCUT2D eigenvalue weighted by Gasteiger charge is 2.28. The first kappa shape index (κ1) is 24.4. The first-order valence-corrected chi connectivity index (χ1v) is 12.3. The van der Waals surface area contributed by atoms with Crippen molar-refractivity contribution in [2.24, 2.45) is 0 Å². The summed E-state index contributed by atoms with van der Waals surface area (Å²) in [6.45, 7) is 6.11. The molecule has 3 aromatic rings. The zero-order valence-electron chi connectivity index (χ0n) is 20.0. The SMILES string of the molecule is CC(C)(C)OC(=O)Nc1cc(C#CCCNC(=O)OCC2c3ccccc3-c3ccccc32)cs1. The third-order valence-electron chi connectivity index (χ3n) is 5.32. The van der Waals surface area contributed by atoms with E-state index in [9.17, 15) is 9.59 Å². The van der Waals surface area contributed by atoms with Gasteiger partial charge in [0.15, 0.2) is 0 Å². The van der Waals surface area contributed by atoms with Gasteiger partial charge in [-0.15, -0.1) is 11.3 Å². The fourth-order valence-electron chi connectivity index (χ4n) is 3.91. The van der Waals surface area contributed by atoms with E-state index in [4.69, 9.17) is 9.47 Å². The van der Waals surface area contributed by atoms with Gasteiger partial charge >= 0.3 is 12.2 Å². The summed E-state index contributed by atoms with van der Waals surface area (Å²) in [7, 11) is 0. The number of ether oxygens (including phenoxy) is 2. The number of rotatable bonds is 5. The monoisotopic (exact) mass is 488 g/mol. The van der Waals surface area contributed by atoms with E-state index in [0.29, 0.717) is 18.0 Å². The smallest absolute Gasteiger partial charge is 0.412 e. The molecule has 6 nitrogen and oxygen atoms in total. The van der Waals surface area contributed by atoms with Gasteiger partial charge in [-0.2, -0.15) is 0 Å². The average Bonchev–Trinajstić information content (AvgIpc) is 3.38. The van der Waals surface area contributed by atoms with Gasteiger partial charge in [-0.3, -0.25) is 5.32 Å². The van der Waals surface area contributed by atoms with Crippen LogP contribution in [-0.4, -0.2) is 30.9 Å². The highest BCUT2D eigenvalue weighted by Crippen LogP contribution is 2.44. The molecule has 0 saturated heterocycles. The summed E-state index contributed by atoms with van der Waals surface area (Å²) in [6, 6.07) is 18.3. The van der Waals surface area contributed by atoms with E-state index in [-0.39, 0.29) is 12.5 Å². The topological polar surface area (TPSA) is 76.7 Å². The molecule has 1 heterocycles. The molecule has 180 valence electrons. The van der Waals surface area contributed by atoms with Crippen LogP contribution in [0, 0.1) is 11.8 Å². The summed E-state index contributed by atoms with van der Waals surface area (Å²) in [5.74, 6) is 6.10. The van der Waals surface area contributed by atoms with Crippen LogP contribution in [0.3, 0.4) is 0 Å². The predicted octanol–water partition coefficient (Wildman–Crippen LogP) is 6.38. The molecule has 7 heteroatoms. The van der Waals surface area contributed by atoms with Crippen molar-refractivity contribution in [2.75, 3.05) is 18.5 Å². The first-order chi connectivity index (χ1) is 16.8. The minimum absolute atomic E-state index is 0.0371. The van der Waals surface area contributed by atoms with Crippen LogP contribution in [0.25, 0.3) is 11.1 Å². The Labute approximate surface area is 209 Å². The molecule has 1 aromatic heterocycles. The summed E-state index contributed by atoms with van der Waals surface area (Å²) in [5.41, 5.74) is 5.01. The van der Waals surface area contributed by atoms with Gasteiger partial charge in [0.1, 0.15) is 12.2 Å². The number of carbonyl (C=O) groups is 2. The number of nitrogens with one attached hydrogen (secondary N) is 2. The van der Waals surface area contributed by atoms with Crippen molar-refractivity contribution < 1.29 is 19.1 Å². The van der Waals surface area contributed by atoms with Crippen LogP contribution < -0.4 is 10.6 Å². The van der Waals surface area contributed by atoms with E-state index in [1.54, 1.807) is 6.07 Å². The predicted molar refractivity (Wildman–Crippen MR) is 139 cm³/mol. The fraction of sp³-hybridized carbons (Fsp3) is 0.286. The maximum absolute atomic E-state index is 12.2. The molecule has 0 unspecified atom stereocenters. The Morgan fingerprint density at radius 2 is 1.66 bits per heavy atom. The molecule has 2 aromatic carbocycles. The number of hydrogen-bond donors (Lipinski definition) is 2. The summed E-state index contributed by atoms with van der Waals surface area (Å²) in [5, 5.41) is 7.99. The van der Waals surface area contributed by atoms with Crippen molar-refractivity contribution in [3.8, 4) is 23.0 Å². The lowest BCUT2D eigenvalue weighted by Gasteiger charge is -2.19. The molecule has 0 fully saturated rings. The quantitative estimate of drug-likeness (QED) is 0.323. The Morgan fingerprint density at radius 3 is 2.31 bits per heavy atom. The number of amides is 2. The average molecular weight is 489 g/mol. The highest BCUT2D eigenvalue weighted by molar-refractivity contribution is 7.14. The van der Waals surface area contributed by atoms with Crippen LogP contribution in [0.15, 0.2) is 60.0 Å². The number of hydrogen-bond acceptors (Lipinski definition) is 5. The number of benzene rings is 2. The van der Waals surface area contributed by atoms with Crippen molar-refractivity contribution in [2.45, 2.75) is 38.7 Å². The van der Waals surface area contributed by atoms with Crippen molar-refractivity contribution in [1.29, 1.82) is 0 Å². The van der Waals surface area contributed by atoms with Crippen molar-refractivity contribution in [3.05, 3.63) is 76.7 Å². The minimum Gasteiger partial charge on any atom is -0.449 e. The number of anilines is 1. The Bertz CT molecular complexity index is 1230. The van der Waals surface area contributed by atoms with Gasteiger partial charge in [0.05, 0.1) is 5.00 Å². The van der Waals surface area contributed by atoms with E-state index in [0.717, 1.165) is 5.56 Å². The van der Waals surface area contributed by atoms with Crippen molar-refractivity contribution >= 4 is 28.5 Å². The van der Waals surface area contributed by atoms with Gasteiger partial charge < -0.3 is 14.8 Å². The molecule has 0 bridgehead atoms. The molecule has 0 saturated carbocycles. The first-order valence-electron chi connectivity index (χ1n) is 11.5. The Kier molecular flexibility index (Phi) is 7.42. The molecule has 1 aliphatic carbocycles. The summed E-state index contributed by atoms with van der Waals surface area (Å²) >= 11 is 1.38. The van der Waals surface area contributed by atoms with Gasteiger partial charge in [0.2, 0.25) is 0 Å². The zero-order chi connectivity index (χ0) is 24.8. The van der Waals surface area contributed by atoms with Gasteiger partial charge in [-0.1, -0.05) is 60.4 Å². The van der Waals surface area contributed by atoms with Gasteiger partial charge in [0, 0.05) is 29.8 Å². The highest BCUT2D eigenvalue weighted by atomic mass is 32.1. The standard InChI is InChI=1S/C28H28N2O4S/c1-28(2,3)34-27(32)30-25-16-19(18-35-25)10-8-9-15-29-26(31)33-17-24-22-13-6-4-11-20(22)21-12-5-7-14-23(21)24/h4-7,11-14,16,18,24H,9,15,17H2,1-3H3,(H,29,31)(H,30,32). The second-order valence-electron chi connectivity index (χ2n) is 9.13. The Morgan fingerprint density at radius 1 is 1.00 bits per heavy atom. The van der Waals surface area contributed by atoms with Crippen molar-refractivity contribution in [3.63, 3.8) is 0 Å². The second kappa shape index (κ2) is 10.7. The third-order valence-corrected chi connectivity index (χ3v) is 6.16. The van der Waals surface area contributed by atoms with E-state index in [2.05, 4.69) is 46.7 Å². The fourth-order valence-corrected chi connectivity index (χ4v) is 4.63. The van der Waals surface area contributed by atoms with Crippen molar-refractivity contribution in [1.82, 2.24) is 5.32 Å². The molecule has 2 amide bonds. The molecule has 0 atom stereocenters. The minimum atomic E-state index is -0.551. The maximum Gasteiger partial charge on any atom is 0.412 e. The second-order valence-corrected chi connectivity index (χ2v) is 10.0. The molecule has 4 rings (SSSR count). The molecular weight excluding hydrogens is 460 g/mol. The van der Waals surface area contributed by atoms with Crippen LogP contribution in [0.2, 0.25) is 0 Å². The number of alkyl carbamates (subject to hydrolysis) is 1. The largest absolute Gasteiger partial charge is 0.449 e. The van der Waals surface area contributed by atoms with E-state index < -0.39 is 17.8 Å². The van der Waals surface area contributed by atoms with Crippen LogP contribution in [0.1, 0.15) is 49.8 Å². The van der Waals surface area contributed by atoms with E-state index >= 15 is 0 Å². The zero-order valence-corrected chi connectivity index (χ0v) is 20.8. The molecular formula is C28H28N2O4S. The van der Waals surface area contributed by atoms with E-state index in [1.165, 1.54) is 33.6 Å². The molecule has 35 heavy (non-hydrogen) atoms. The molecule has 1 aliphatic rings. The van der Waals surface area contributed by atoms with Crippen LogP contribution >= 0.6 is 11.3 Å². The van der Waals surface area contributed by atoms with Gasteiger partial charge in [-0.05, 0) is 49.1 Å². The lowest BCUT2D eigenvalue weighted by molar-refractivity contribution is 0.0636. The summed E-state index contributed by atoms with van der Waals surface area (Å²) < 4.78 is 10.8. The Balaban J connectivity index is 1.21. The van der Waals surface area contributed by atoms with Crippen LogP contribution in [-0.2, 0) is 9.47 Å². The number of carbonyl (C=O) groups excluding carboxylic acids is 2. The normalized spacial score (nSPS) is 12.1. The van der Waals surface area contributed by atoms with E-state index in [1.807, 2.05) is 50.4 Å². The maximum atomic E-state index is 12.2. The number of fused-ring (bicyclic) bond motifs is 3. The molecule has 0 aliphatic heterocycles. The summed E-state index contributed by atoms with van der Waals surface area (Å²) in [6.07, 6.45) is -0.464. The third kappa shape index (κ3) is 6.43. The van der Waals surface area contributed by atoms with Crippen LogP contribution in [0.4, 0.5) is 14.6 Å². The van der Waals surface area contributed by atoms with Gasteiger partial charge in [0.25, 0.3) is 0 Å².